The summed E-state index contributed by atoms with van der Waals surface area (Å²) in [6.07, 6.45) is 0. The number of tetrazole rings is 1. The van der Waals surface area contributed by atoms with Crippen LogP contribution in [0.1, 0.15) is 32.1 Å². The van der Waals surface area contributed by atoms with Crippen LogP contribution in [-0.2, 0) is 0 Å². The maximum absolute atomic E-state index is 14.4. The van der Waals surface area contributed by atoms with Gasteiger partial charge in [0.05, 0.1) is 11.4 Å². The van der Waals surface area contributed by atoms with Gasteiger partial charge in [0, 0.05) is 16.8 Å². The summed E-state index contributed by atoms with van der Waals surface area (Å²) in [5.41, 5.74) is 2.53. The van der Waals surface area contributed by atoms with Crippen LogP contribution in [0.15, 0.2) is 66.7 Å². The zero-order chi connectivity index (χ0) is 22.7. The van der Waals surface area contributed by atoms with Crippen molar-refractivity contribution in [3.05, 3.63) is 95.1 Å². The Hall–Kier alpha value is -4.40. The van der Waals surface area contributed by atoms with Crippen molar-refractivity contribution >= 4 is 23.2 Å². The quantitative estimate of drug-likeness (QED) is 0.500. The molecule has 0 unspecified atom stereocenters. The third kappa shape index (κ3) is 4.36. The summed E-state index contributed by atoms with van der Waals surface area (Å²) in [7, 11) is 0. The summed E-state index contributed by atoms with van der Waals surface area (Å²) in [6, 6.07) is 17.8. The van der Waals surface area contributed by atoms with Crippen LogP contribution in [0.4, 0.5) is 15.8 Å². The monoisotopic (exact) mass is 430 g/mol. The van der Waals surface area contributed by atoms with E-state index in [4.69, 9.17) is 0 Å². The fourth-order valence-electron chi connectivity index (χ4n) is 3.09. The van der Waals surface area contributed by atoms with Crippen molar-refractivity contribution in [2.75, 3.05) is 10.6 Å². The normalized spacial score (nSPS) is 10.6. The molecule has 0 aliphatic heterocycles. The van der Waals surface area contributed by atoms with Gasteiger partial charge in [0.1, 0.15) is 5.82 Å². The molecule has 0 aliphatic rings. The summed E-state index contributed by atoms with van der Waals surface area (Å²) in [6.45, 7) is 3.53. The number of halogens is 1. The SMILES string of the molecule is Cc1ccc(C(=O)Nc2cc(-n3nnnc3C)ccc2F)cc1NC(=O)c1ccccc1. The Morgan fingerprint density at radius 3 is 2.28 bits per heavy atom. The molecule has 0 fully saturated rings. The van der Waals surface area contributed by atoms with Gasteiger partial charge in [0.2, 0.25) is 0 Å². The molecule has 0 spiro atoms. The molecule has 2 N–H and O–H groups in total. The van der Waals surface area contributed by atoms with Gasteiger partial charge < -0.3 is 10.6 Å². The van der Waals surface area contributed by atoms with Crippen molar-refractivity contribution in [3.8, 4) is 5.69 Å². The maximum atomic E-state index is 14.4. The van der Waals surface area contributed by atoms with Crippen molar-refractivity contribution in [3.63, 3.8) is 0 Å². The summed E-state index contributed by atoms with van der Waals surface area (Å²) >= 11 is 0. The summed E-state index contributed by atoms with van der Waals surface area (Å²) < 4.78 is 15.8. The van der Waals surface area contributed by atoms with Gasteiger partial charge >= 0.3 is 0 Å². The van der Waals surface area contributed by atoms with Crippen LogP contribution in [0.25, 0.3) is 5.69 Å². The zero-order valence-electron chi connectivity index (χ0n) is 17.3. The molecule has 0 aliphatic carbocycles. The van der Waals surface area contributed by atoms with Gasteiger partial charge in [-0.3, -0.25) is 9.59 Å². The second-order valence-corrected chi connectivity index (χ2v) is 7.11. The van der Waals surface area contributed by atoms with Crippen LogP contribution < -0.4 is 10.6 Å². The van der Waals surface area contributed by atoms with Gasteiger partial charge in [-0.1, -0.05) is 24.3 Å². The molecule has 2 amide bonds. The number of anilines is 2. The highest BCUT2D eigenvalue weighted by molar-refractivity contribution is 6.07. The molecule has 0 radical (unpaired) electrons. The van der Waals surface area contributed by atoms with Crippen molar-refractivity contribution in [2.45, 2.75) is 13.8 Å². The summed E-state index contributed by atoms with van der Waals surface area (Å²) in [5.74, 6) is -0.893. The number of nitrogens with zero attached hydrogens (tertiary/aromatic N) is 4. The van der Waals surface area contributed by atoms with E-state index in [1.807, 2.05) is 13.0 Å². The predicted octanol–water partition coefficient (Wildman–Crippen LogP) is 3.92. The molecule has 1 aromatic heterocycles. The molecular formula is C23H19FN6O2. The van der Waals surface area contributed by atoms with Crippen LogP contribution >= 0.6 is 0 Å². The van der Waals surface area contributed by atoms with Gasteiger partial charge in [-0.15, -0.1) is 5.10 Å². The summed E-state index contributed by atoms with van der Waals surface area (Å²) in [5, 5.41) is 16.6. The number of amides is 2. The lowest BCUT2D eigenvalue weighted by Gasteiger charge is -2.12. The fraction of sp³-hybridized carbons (Fsp3) is 0.0870. The van der Waals surface area contributed by atoms with Crippen LogP contribution in [0.5, 0.6) is 0 Å². The van der Waals surface area contributed by atoms with E-state index >= 15 is 0 Å². The lowest BCUT2D eigenvalue weighted by molar-refractivity contribution is 0.101. The molecule has 3 aromatic carbocycles. The van der Waals surface area contributed by atoms with Gasteiger partial charge in [-0.05, 0) is 72.3 Å². The molecule has 0 saturated heterocycles. The number of carbonyl (C=O) groups excluding carboxylic acids is 2. The van der Waals surface area contributed by atoms with E-state index in [1.165, 1.54) is 22.9 Å². The van der Waals surface area contributed by atoms with Gasteiger partial charge in [-0.2, -0.15) is 4.68 Å². The Labute approximate surface area is 183 Å². The second-order valence-electron chi connectivity index (χ2n) is 7.11. The Bertz CT molecular complexity index is 1300. The number of hydrogen-bond acceptors (Lipinski definition) is 5. The molecule has 32 heavy (non-hydrogen) atoms. The molecule has 9 heteroatoms. The first-order valence-electron chi connectivity index (χ1n) is 9.75. The Balaban J connectivity index is 1.56. The fourth-order valence-corrected chi connectivity index (χ4v) is 3.09. The van der Waals surface area contributed by atoms with Crippen LogP contribution in [0, 0.1) is 19.7 Å². The predicted molar refractivity (Wildman–Crippen MR) is 117 cm³/mol. The van der Waals surface area contributed by atoms with Crippen molar-refractivity contribution < 1.29 is 14.0 Å². The molecule has 4 aromatic rings. The van der Waals surface area contributed by atoms with Gasteiger partial charge in [0.15, 0.2) is 5.82 Å². The van der Waals surface area contributed by atoms with E-state index in [1.54, 1.807) is 49.4 Å². The molecule has 0 saturated carbocycles. The summed E-state index contributed by atoms with van der Waals surface area (Å²) in [4.78, 5) is 25.3. The highest BCUT2D eigenvalue weighted by Crippen LogP contribution is 2.22. The number of aromatic nitrogens is 4. The number of aryl methyl sites for hydroxylation is 2. The lowest BCUT2D eigenvalue weighted by Crippen LogP contribution is -2.16. The van der Waals surface area contributed by atoms with E-state index in [0.29, 0.717) is 22.8 Å². The van der Waals surface area contributed by atoms with Crippen LogP contribution in [-0.4, -0.2) is 32.0 Å². The molecule has 4 rings (SSSR count). The van der Waals surface area contributed by atoms with E-state index in [-0.39, 0.29) is 17.2 Å². The molecule has 160 valence electrons. The number of carbonyl (C=O) groups is 2. The van der Waals surface area contributed by atoms with E-state index in [0.717, 1.165) is 5.56 Å². The Kier molecular flexibility index (Phi) is 5.71. The van der Waals surface area contributed by atoms with Gasteiger partial charge in [-0.25, -0.2) is 4.39 Å². The lowest BCUT2D eigenvalue weighted by atomic mass is 10.1. The Morgan fingerprint density at radius 1 is 0.844 bits per heavy atom. The highest BCUT2D eigenvalue weighted by Gasteiger charge is 2.15. The van der Waals surface area contributed by atoms with E-state index in [2.05, 4.69) is 26.2 Å². The minimum absolute atomic E-state index is 0.0159. The smallest absolute Gasteiger partial charge is 0.255 e. The van der Waals surface area contributed by atoms with Gasteiger partial charge in [0.25, 0.3) is 11.8 Å². The number of rotatable bonds is 5. The van der Waals surface area contributed by atoms with Crippen molar-refractivity contribution in [1.29, 1.82) is 0 Å². The van der Waals surface area contributed by atoms with Crippen LogP contribution in [0.3, 0.4) is 0 Å². The standard InChI is InChI=1S/C23H19FN6O2/c1-14-8-9-17(12-20(14)25-22(31)16-6-4-3-5-7-16)23(32)26-21-13-18(10-11-19(21)24)30-15(2)27-28-29-30/h3-13H,1-2H3,(H,25,31)(H,26,32). The van der Waals surface area contributed by atoms with Crippen LogP contribution in [0.2, 0.25) is 0 Å². The van der Waals surface area contributed by atoms with E-state index < -0.39 is 11.7 Å². The van der Waals surface area contributed by atoms with Crippen molar-refractivity contribution in [2.24, 2.45) is 0 Å². The first-order valence-corrected chi connectivity index (χ1v) is 9.75. The maximum Gasteiger partial charge on any atom is 0.255 e. The van der Waals surface area contributed by atoms with Crippen molar-refractivity contribution in [1.82, 2.24) is 20.2 Å². The number of hydrogen-bond donors (Lipinski definition) is 2. The van der Waals surface area contributed by atoms with E-state index in [9.17, 15) is 14.0 Å². The average molecular weight is 430 g/mol. The Morgan fingerprint density at radius 2 is 1.56 bits per heavy atom. The zero-order valence-corrected chi connectivity index (χ0v) is 17.3. The second kappa shape index (κ2) is 8.76. The first kappa shape index (κ1) is 20.9. The largest absolute Gasteiger partial charge is 0.322 e. The average Bonchev–Trinajstić information content (AvgIpc) is 3.23. The first-order chi connectivity index (χ1) is 15.4. The minimum atomic E-state index is -0.599. The highest BCUT2D eigenvalue weighted by atomic mass is 19.1. The number of benzene rings is 3. The topological polar surface area (TPSA) is 102 Å². The third-order valence-corrected chi connectivity index (χ3v) is 4.85. The number of nitrogens with one attached hydrogen (secondary N) is 2. The molecule has 1 heterocycles. The molecule has 0 atom stereocenters. The minimum Gasteiger partial charge on any atom is -0.322 e. The molecule has 8 nitrogen and oxygen atoms in total. The molecule has 0 bridgehead atoms. The third-order valence-electron chi connectivity index (χ3n) is 4.85. The molecular weight excluding hydrogens is 411 g/mol.